The minimum Gasteiger partial charge on any atom is -0.478 e. The fraction of sp³-hybridized carbons (Fsp3) is 0.0909. The molecule has 0 radical (unpaired) electrons. The maximum atomic E-state index is 11.2. The van der Waals surface area contributed by atoms with Crippen LogP contribution in [0.15, 0.2) is 35.4 Å². The van der Waals surface area contributed by atoms with E-state index in [2.05, 4.69) is 10.4 Å². The first kappa shape index (κ1) is 14.0. The highest BCUT2D eigenvalue weighted by atomic mass is 32.2. The van der Waals surface area contributed by atoms with Crippen molar-refractivity contribution < 1.29 is 18.3 Å². The Balaban J connectivity index is 2.45. The van der Waals surface area contributed by atoms with Gasteiger partial charge in [0.2, 0.25) is 10.0 Å². The molecule has 8 nitrogen and oxygen atoms in total. The van der Waals surface area contributed by atoms with Gasteiger partial charge >= 0.3 is 5.97 Å². The number of carboxylic acid groups (broad SMARTS) is 1. The van der Waals surface area contributed by atoms with Gasteiger partial charge in [0, 0.05) is 19.3 Å². The van der Waals surface area contributed by atoms with Crippen molar-refractivity contribution in [1.82, 2.24) is 9.78 Å². The molecule has 0 atom stereocenters. The molecule has 0 spiro atoms. The first-order valence-electron chi connectivity index (χ1n) is 5.44. The molecule has 0 bridgehead atoms. The van der Waals surface area contributed by atoms with Crippen molar-refractivity contribution in [3.05, 3.63) is 36.0 Å². The molecule has 0 aliphatic rings. The quantitative estimate of drug-likeness (QED) is 0.754. The lowest BCUT2D eigenvalue weighted by atomic mass is 10.2. The number of aryl methyl sites for hydroxylation is 1. The monoisotopic (exact) mass is 296 g/mol. The minimum atomic E-state index is -3.96. The largest absolute Gasteiger partial charge is 0.478 e. The number of nitrogens with zero attached hydrogens (tertiary/aromatic N) is 2. The number of nitrogens with two attached hydrogens (primary N) is 1. The summed E-state index contributed by atoms with van der Waals surface area (Å²) >= 11 is 0. The lowest BCUT2D eigenvalue weighted by Crippen LogP contribution is -2.14. The molecule has 1 heterocycles. The van der Waals surface area contributed by atoms with Gasteiger partial charge in [-0.2, -0.15) is 5.10 Å². The molecule has 20 heavy (non-hydrogen) atoms. The van der Waals surface area contributed by atoms with Crippen LogP contribution in [0.4, 0.5) is 11.5 Å². The second kappa shape index (κ2) is 4.94. The van der Waals surface area contributed by atoms with E-state index in [1.807, 2.05) is 0 Å². The first-order valence-corrected chi connectivity index (χ1v) is 6.99. The fourth-order valence-electron chi connectivity index (χ4n) is 1.61. The number of anilines is 2. The van der Waals surface area contributed by atoms with Gasteiger partial charge in [-0.1, -0.05) is 0 Å². The normalized spacial score (nSPS) is 11.3. The van der Waals surface area contributed by atoms with Gasteiger partial charge in [-0.15, -0.1) is 0 Å². The topological polar surface area (TPSA) is 127 Å². The zero-order chi connectivity index (χ0) is 14.9. The average molecular weight is 296 g/mol. The van der Waals surface area contributed by atoms with Crippen molar-refractivity contribution in [3.8, 4) is 0 Å². The number of sulfonamides is 1. The lowest BCUT2D eigenvalue weighted by molar-refractivity contribution is 0.0697. The summed E-state index contributed by atoms with van der Waals surface area (Å²) in [5, 5.41) is 21.0. The van der Waals surface area contributed by atoms with Gasteiger partial charge in [0.1, 0.15) is 0 Å². The molecule has 0 saturated heterocycles. The van der Waals surface area contributed by atoms with E-state index in [-0.39, 0.29) is 16.1 Å². The number of hydrogen-bond acceptors (Lipinski definition) is 5. The SMILES string of the molecule is Cn1ccc(Nc2ccc(S(N)(=O)=O)cc2C(=O)O)n1. The average Bonchev–Trinajstić information content (AvgIpc) is 2.73. The molecule has 0 fully saturated rings. The number of benzene rings is 1. The molecule has 9 heteroatoms. The Kier molecular flexibility index (Phi) is 3.47. The summed E-state index contributed by atoms with van der Waals surface area (Å²) in [6, 6.07) is 5.22. The van der Waals surface area contributed by atoms with Gasteiger partial charge in [-0.25, -0.2) is 18.4 Å². The molecule has 0 saturated carbocycles. The van der Waals surface area contributed by atoms with Crippen LogP contribution in [0.1, 0.15) is 10.4 Å². The lowest BCUT2D eigenvalue weighted by Gasteiger charge is -2.08. The molecule has 0 amide bonds. The van der Waals surface area contributed by atoms with Gasteiger partial charge in [0.25, 0.3) is 0 Å². The fourth-order valence-corrected chi connectivity index (χ4v) is 2.15. The summed E-state index contributed by atoms with van der Waals surface area (Å²) in [5.74, 6) is -0.827. The van der Waals surface area contributed by atoms with Crippen LogP contribution in [-0.2, 0) is 17.1 Å². The highest BCUT2D eigenvalue weighted by molar-refractivity contribution is 7.89. The van der Waals surface area contributed by atoms with E-state index in [4.69, 9.17) is 10.2 Å². The van der Waals surface area contributed by atoms with Crippen LogP contribution in [0.5, 0.6) is 0 Å². The number of carboxylic acids is 1. The maximum absolute atomic E-state index is 11.2. The van der Waals surface area contributed by atoms with Crippen LogP contribution in [0.2, 0.25) is 0 Å². The zero-order valence-electron chi connectivity index (χ0n) is 10.4. The molecule has 2 aromatic rings. The summed E-state index contributed by atoms with van der Waals surface area (Å²) in [5.41, 5.74) is 0.0192. The zero-order valence-corrected chi connectivity index (χ0v) is 11.3. The Hall–Kier alpha value is -2.39. The number of rotatable bonds is 4. The summed E-state index contributed by atoms with van der Waals surface area (Å²) in [7, 11) is -2.24. The van der Waals surface area contributed by atoms with E-state index in [0.29, 0.717) is 5.82 Å². The number of carbonyl (C=O) groups is 1. The predicted molar refractivity (Wildman–Crippen MR) is 71.3 cm³/mol. The molecule has 1 aromatic carbocycles. The predicted octanol–water partition coefficient (Wildman–Crippen LogP) is 0.509. The Bertz CT molecular complexity index is 766. The third kappa shape index (κ3) is 2.95. The standard InChI is InChI=1S/C11H12N4O4S/c1-15-5-4-10(14-15)13-9-3-2-7(20(12,18)19)6-8(9)11(16)17/h2-6H,1H3,(H,13,14)(H,16,17)(H2,12,18,19). The van der Waals surface area contributed by atoms with Crippen molar-refractivity contribution in [2.24, 2.45) is 12.2 Å². The van der Waals surface area contributed by atoms with Gasteiger partial charge < -0.3 is 10.4 Å². The van der Waals surface area contributed by atoms with E-state index in [1.54, 1.807) is 24.0 Å². The van der Waals surface area contributed by atoms with Crippen molar-refractivity contribution >= 4 is 27.5 Å². The summed E-state index contributed by atoms with van der Waals surface area (Å²) in [4.78, 5) is 10.9. The summed E-state index contributed by atoms with van der Waals surface area (Å²) in [6.07, 6.45) is 1.68. The molecule has 0 unspecified atom stereocenters. The number of hydrogen-bond donors (Lipinski definition) is 3. The molecule has 2 rings (SSSR count). The number of aromatic nitrogens is 2. The van der Waals surface area contributed by atoms with Crippen molar-refractivity contribution in [1.29, 1.82) is 0 Å². The van der Waals surface area contributed by atoms with E-state index in [0.717, 1.165) is 6.07 Å². The van der Waals surface area contributed by atoms with E-state index in [9.17, 15) is 13.2 Å². The maximum Gasteiger partial charge on any atom is 0.337 e. The van der Waals surface area contributed by atoms with Gasteiger partial charge in [0.15, 0.2) is 5.82 Å². The Morgan fingerprint density at radius 3 is 2.60 bits per heavy atom. The molecular weight excluding hydrogens is 284 g/mol. The second-order valence-corrected chi connectivity index (χ2v) is 5.62. The van der Waals surface area contributed by atoms with Crippen LogP contribution >= 0.6 is 0 Å². The third-order valence-electron chi connectivity index (χ3n) is 2.53. The van der Waals surface area contributed by atoms with Crippen LogP contribution in [-0.4, -0.2) is 29.3 Å². The molecule has 0 aliphatic carbocycles. The smallest absolute Gasteiger partial charge is 0.337 e. The third-order valence-corrected chi connectivity index (χ3v) is 3.44. The van der Waals surface area contributed by atoms with E-state index < -0.39 is 16.0 Å². The van der Waals surface area contributed by atoms with Crippen molar-refractivity contribution in [2.45, 2.75) is 4.90 Å². The molecule has 1 aromatic heterocycles. The Labute approximate surface area is 114 Å². The first-order chi connectivity index (χ1) is 9.27. The van der Waals surface area contributed by atoms with Crippen LogP contribution in [0.3, 0.4) is 0 Å². The van der Waals surface area contributed by atoms with Crippen molar-refractivity contribution in [3.63, 3.8) is 0 Å². The van der Waals surface area contributed by atoms with Crippen LogP contribution in [0.25, 0.3) is 0 Å². The van der Waals surface area contributed by atoms with E-state index in [1.165, 1.54) is 12.1 Å². The molecule has 0 aliphatic heterocycles. The number of aromatic carboxylic acids is 1. The summed E-state index contributed by atoms with van der Waals surface area (Å²) < 4.78 is 24.0. The molecule has 106 valence electrons. The second-order valence-electron chi connectivity index (χ2n) is 4.06. The van der Waals surface area contributed by atoms with Crippen LogP contribution in [0, 0.1) is 0 Å². The van der Waals surface area contributed by atoms with Gasteiger partial charge in [0.05, 0.1) is 16.1 Å². The minimum absolute atomic E-state index is 0.206. The molecular formula is C11H12N4O4S. The number of primary sulfonamides is 1. The van der Waals surface area contributed by atoms with Gasteiger partial charge in [-0.05, 0) is 18.2 Å². The van der Waals surface area contributed by atoms with Gasteiger partial charge in [-0.3, -0.25) is 4.68 Å². The Morgan fingerprint density at radius 2 is 2.10 bits per heavy atom. The summed E-state index contributed by atoms with van der Waals surface area (Å²) in [6.45, 7) is 0. The highest BCUT2D eigenvalue weighted by Crippen LogP contribution is 2.23. The Morgan fingerprint density at radius 1 is 1.40 bits per heavy atom. The number of nitrogens with one attached hydrogen (secondary N) is 1. The van der Waals surface area contributed by atoms with Crippen molar-refractivity contribution in [2.75, 3.05) is 5.32 Å². The van der Waals surface area contributed by atoms with E-state index >= 15 is 0 Å². The van der Waals surface area contributed by atoms with Crippen LogP contribution < -0.4 is 10.5 Å². The molecule has 4 N–H and O–H groups in total. The highest BCUT2D eigenvalue weighted by Gasteiger charge is 2.16.